The van der Waals surface area contributed by atoms with Gasteiger partial charge in [0.1, 0.15) is 0 Å². The molecule has 2 fully saturated rings. The second kappa shape index (κ2) is 6.91. The molecule has 120 valence electrons. The lowest BCUT2D eigenvalue weighted by atomic mass is 10.1. The summed E-state index contributed by atoms with van der Waals surface area (Å²) < 4.78 is 10.4. The Hall–Kier alpha value is -1.89. The summed E-state index contributed by atoms with van der Waals surface area (Å²) in [5.74, 6) is 1.30. The van der Waals surface area contributed by atoms with Gasteiger partial charge in [-0.2, -0.15) is 4.98 Å². The normalized spacial score (nSPS) is 22.6. The van der Waals surface area contributed by atoms with Gasteiger partial charge in [-0.25, -0.2) is 4.98 Å². The molecule has 0 bridgehead atoms. The molecule has 22 heavy (non-hydrogen) atoms. The molecule has 0 radical (unpaired) electrons. The lowest BCUT2D eigenvalue weighted by Gasteiger charge is -2.24. The van der Waals surface area contributed by atoms with E-state index in [4.69, 9.17) is 9.47 Å². The largest absolute Gasteiger partial charge is 0.481 e. The first-order valence-electron chi connectivity index (χ1n) is 7.76. The molecule has 0 aliphatic carbocycles. The van der Waals surface area contributed by atoms with Crippen molar-refractivity contribution in [1.82, 2.24) is 15.3 Å². The second-order valence-corrected chi connectivity index (χ2v) is 5.73. The number of hydrogen-bond donors (Lipinski definition) is 1. The summed E-state index contributed by atoms with van der Waals surface area (Å²) >= 11 is 0. The summed E-state index contributed by atoms with van der Waals surface area (Å²) in [6.07, 6.45) is 4.31. The molecule has 0 aromatic carbocycles. The Morgan fingerprint density at radius 1 is 1.41 bits per heavy atom. The number of nitrogens with zero attached hydrogens (tertiary/aromatic N) is 3. The Labute approximate surface area is 130 Å². The number of carbonyl (C=O) groups excluding carboxylic acids is 1. The van der Waals surface area contributed by atoms with Crippen LogP contribution >= 0.6 is 0 Å². The van der Waals surface area contributed by atoms with Gasteiger partial charge in [0.15, 0.2) is 0 Å². The van der Waals surface area contributed by atoms with Crippen LogP contribution in [0.15, 0.2) is 12.3 Å². The van der Waals surface area contributed by atoms with Gasteiger partial charge in [-0.3, -0.25) is 4.79 Å². The van der Waals surface area contributed by atoms with Crippen LogP contribution < -0.4 is 15.0 Å². The van der Waals surface area contributed by atoms with Gasteiger partial charge in [0.2, 0.25) is 17.7 Å². The number of amides is 1. The van der Waals surface area contributed by atoms with Gasteiger partial charge in [-0.1, -0.05) is 0 Å². The number of carbonyl (C=O) groups is 1. The molecule has 2 aliphatic rings. The Morgan fingerprint density at radius 2 is 2.23 bits per heavy atom. The highest BCUT2D eigenvalue weighted by molar-refractivity contribution is 5.80. The van der Waals surface area contributed by atoms with Gasteiger partial charge in [0.05, 0.1) is 13.0 Å². The van der Waals surface area contributed by atoms with E-state index < -0.39 is 0 Å². The molecule has 0 spiro atoms. The molecule has 1 aromatic heterocycles. The highest BCUT2D eigenvalue weighted by atomic mass is 16.5. The van der Waals surface area contributed by atoms with Crippen molar-refractivity contribution >= 4 is 11.9 Å². The minimum Gasteiger partial charge on any atom is -0.481 e. The van der Waals surface area contributed by atoms with Gasteiger partial charge >= 0.3 is 0 Å². The number of nitrogens with one attached hydrogen (secondary N) is 1. The fourth-order valence-electron chi connectivity index (χ4n) is 2.92. The van der Waals surface area contributed by atoms with E-state index in [2.05, 4.69) is 15.3 Å². The molecule has 2 saturated heterocycles. The fourth-order valence-corrected chi connectivity index (χ4v) is 2.92. The Kier molecular flexibility index (Phi) is 4.72. The van der Waals surface area contributed by atoms with Crippen LogP contribution in [0.1, 0.15) is 19.3 Å². The topological polar surface area (TPSA) is 76.6 Å². The lowest BCUT2D eigenvalue weighted by Crippen LogP contribution is -2.42. The Balaban J connectivity index is 1.55. The molecule has 7 nitrogen and oxygen atoms in total. The third-order valence-electron chi connectivity index (χ3n) is 4.24. The van der Waals surface area contributed by atoms with Crippen LogP contribution in [0.5, 0.6) is 5.88 Å². The summed E-state index contributed by atoms with van der Waals surface area (Å²) in [6, 6.07) is 1.97. The van der Waals surface area contributed by atoms with E-state index in [9.17, 15) is 4.79 Å². The van der Waals surface area contributed by atoms with Crippen molar-refractivity contribution in [1.29, 1.82) is 0 Å². The number of ether oxygens (including phenoxy) is 2. The van der Waals surface area contributed by atoms with Gasteiger partial charge in [-0.15, -0.1) is 0 Å². The molecule has 1 amide bonds. The smallest absolute Gasteiger partial charge is 0.228 e. The number of methoxy groups -OCH3 is 1. The van der Waals surface area contributed by atoms with Gasteiger partial charge in [0.25, 0.3) is 0 Å². The maximum atomic E-state index is 12.4. The molecule has 1 unspecified atom stereocenters. The van der Waals surface area contributed by atoms with Crippen LogP contribution in [0, 0.1) is 5.92 Å². The molecule has 2 aliphatic heterocycles. The lowest BCUT2D eigenvalue weighted by molar-refractivity contribution is -0.125. The highest BCUT2D eigenvalue weighted by Gasteiger charge is 2.31. The highest BCUT2D eigenvalue weighted by Crippen LogP contribution is 2.22. The van der Waals surface area contributed by atoms with Crippen LogP contribution in [0.2, 0.25) is 0 Å². The zero-order valence-corrected chi connectivity index (χ0v) is 12.8. The molecule has 0 saturated carbocycles. The maximum Gasteiger partial charge on any atom is 0.228 e. The number of rotatable bonds is 4. The molecule has 1 atom stereocenters. The number of aromatic nitrogens is 2. The quantitative estimate of drug-likeness (QED) is 0.878. The van der Waals surface area contributed by atoms with Crippen LogP contribution in [0.3, 0.4) is 0 Å². The van der Waals surface area contributed by atoms with Gasteiger partial charge in [0, 0.05) is 44.6 Å². The summed E-state index contributed by atoms with van der Waals surface area (Å²) in [6.45, 7) is 2.92. The average molecular weight is 306 g/mol. The van der Waals surface area contributed by atoms with E-state index in [1.165, 1.54) is 0 Å². The summed E-state index contributed by atoms with van der Waals surface area (Å²) in [5, 5.41) is 3.14. The van der Waals surface area contributed by atoms with Gasteiger partial charge < -0.3 is 19.7 Å². The molecule has 1 N–H and O–H groups in total. The Morgan fingerprint density at radius 3 is 3.00 bits per heavy atom. The van der Waals surface area contributed by atoms with Crippen molar-refractivity contribution in [3.05, 3.63) is 12.3 Å². The van der Waals surface area contributed by atoms with E-state index in [1.807, 2.05) is 4.90 Å². The van der Waals surface area contributed by atoms with Crippen LogP contribution in [0.25, 0.3) is 0 Å². The maximum absolute atomic E-state index is 12.4. The first-order valence-corrected chi connectivity index (χ1v) is 7.76. The monoisotopic (exact) mass is 306 g/mol. The summed E-state index contributed by atoms with van der Waals surface area (Å²) in [4.78, 5) is 23.0. The van der Waals surface area contributed by atoms with Crippen LogP contribution in [-0.2, 0) is 9.53 Å². The third-order valence-corrected chi connectivity index (χ3v) is 4.24. The summed E-state index contributed by atoms with van der Waals surface area (Å²) in [7, 11) is 1.58. The average Bonchev–Trinajstić information content (AvgIpc) is 3.06. The van der Waals surface area contributed by atoms with E-state index >= 15 is 0 Å². The molecular weight excluding hydrogens is 284 g/mol. The van der Waals surface area contributed by atoms with E-state index in [0.29, 0.717) is 18.4 Å². The van der Waals surface area contributed by atoms with Crippen molar-refractivity contribution in [2.45, 2.75) is 25.3 Å². The molecule has 7 heteroatoms. The van der Waals surface area contributed by atoms with Crippen molar-refractivity contribution in [3.63, 3.8) is 0 Å². The van der Waals surface area contributed by atoms with Crippen LogP contribution in [0.4, 0.5) is 5.95 Å². The zero-order chi connectivity index (χ0) is 15.4. The van der Waals surface area contributed by atoms with Crippen molar-refractivity contribution in [3.8, 4) is 5.88 Å². The van der Waals surface area contributed by atoms with Crippen molar-refractivity contribution in [2.75, 3.05) is 38.3 Å². The number of anilines is 1. The molecular formula is C15H22N4O3. The molecule has 3 rings (SSSR count). The predicted octanol–water partition coefficient (Wildman–Crippen LogP) is 0.607. The third kappa shape index (κ3) is 3.47. The minimum absolute atomic E-state index is 0.00218. The summed E-state index contributed by atoms with van der Waals surface area (Å²) in [5.41, 5.74) is 0. The van der Waals surface area contributed by atoms with Crippen molar-refractivity contribution in [2.24, 2.45) is 5.92 Å². The van der Waals surface area contributed by atoms with Crippen molar-refractivity contribution < 1.29 is 14.3 Å². The zero-order valence-electron chi connectivity index (χ0n) is 12.8. The molecule has 3 heterocycles. The Bertz CT molecular complexity index is 519. The second-order valence-electron chi connectivity index (χ2n) is 5.73. The van der Waals surface area contributed by atoms with E-state index in [1.54, 1.807) is 19.4 Å². The number of hydrogen-bond acceptors (Lipinski definition) is 6. The predicted molar refractivity (Wildman–Crippen MR) is 80.9 cm³/mol. The first kappa shape index (κ1) is 15.0. The first-order chi connectivity index (χ1) is 10.8. The fraction of sp³-hybridized carbons (Fsp3) is 0.667. The van der Waals surface area contributed by atoms with E-state index in [-0.39, 0.29) is 17.9 Å². The standard InChI is InChI=1S/C15H22N4O3/c1-21-13-2-6-16-15(18-13)19-7-3-11(10-19)14(20)17-12-4-8-22-9-5-12/h2,6,11-12H,3-5,7-10H2,1H3,(H,17,20). The van der Waals surface area contributed by atoms with E-state index in [0.717, 1.165) is 39.0 Å². The minimum atomic E-state index is -0.00218. The van der Waals surface area contributed by atoms with Gasteiger partial charge in [-0.05, 0) is 19.3 Å². The molecule has 1 aromatic rings. The SMILES string of the molecule is COc1ccnc(N2CCC(C(=O)NC3CCOCC3)C2)n1. The van der Waals surface area contributed by atoms with Crippen LogP contribution in [-0.4, -0.2) is 55.3 Å².